The SMILES string of the molecule is C[C@@H]1O[C@@H](Oc2ccc(CC3(O)Oc4cc(O)cc(O[C@@H]5O[C@H](CO)[C@@H](O)[C@H](O)[C@H]5O)c4C3=O)cc2)[C@H](O)[C@H](O)[C@H]1O. The van der Waals surface area contributed by atoms with Crippen LogP contribution in [0.5, 0.6) is 23.0 Å². The molecule has 0 amide bonds. The molecule has 9 N–H and O–H groups in total. The van der Waals surface area contributed by atoms with Crippen LogP contribution >= 0.6 is 0 Å². The maximum atomic E-state index is 13.4. The highest BCUT2D eigenvalue weighted by molar-refractivity contribution is 6.09. The summed E-state index contributed by atoms with van der Waals surface area (Å²) in [5.74, 6) is -4.19. The van der Waals surface area contributed by atoms with E-state index >= 15 is 0 Å². The predicted octanol–water partition coefficient (Wildman–Crippen LogP) is -2.72. The van der Waals surface area contributed by atoms with Crippen LogP contribution in [-0.2, 0) is 15.9 Å². The number of aromatic hydroxyl groups is 1. The first kappa shape index (κ1) is 30.4. The Kier molecular flexibility index (Phi) is 8.34. The van der Waals surface area contributed by atoms with Crippen LogP contribution in [0.3, 0.4) is 0 Å². The number of fused-ring (bicyclic) bond motifs is 1. The zero-order valence-electron chi connectivity index (χ0n) is 22.1. The lowest BCUT2D eigenvalue weighted by Crippen LogP contribution is -2.60. The number of phenols is 1. The number of hydrogen-bond acceptors (Lipinski definition) is 15. The van der Waals surface area contributed by atoms with Gasteiger partial charge in [0.25, 0.3) is 5.79 Å². The fourth-order valence-corrected chi connectivity index (χ4v) is 5.01. The zero-order chi connectivity index (χ0) is 30.5. The average molecular weight is 597 g/mol. The largest absolute Gasteiger partial charge is 0.508 e. The summed E-state index contributed by atoms with van der Waals surface area (Å²) in [4.78, 5) is 13.4. The first-order chi connectivity index (χ1) is 19.8. The number of aliphatic hydroxyl groups is 8. The van der Waals surface area contributed by atoms with Gasteiger partial charge in [0.05, 0.1) is 12.7 Å². The molecule has 15 heteroatoms. The first-order valence-corrected chi connectivity index (χ1v) is 13.1. The van der Waals surface area contributed by atoms with Crippen molar-refractivity contribution < 1.29 is 74.4 Å². The van der Waals surface area contributed by atoms with Crippen LogP contribution < -0.4 is 14.2 Å². The second kappa shape index (κ2) is 11.5. The number of carbonyl (C=O) groups is 1. The summed E-state index contributed by atoms with van der Waals surface area (Å²) in [6.07, 6.45) is -14.9. The summed E-state index contributed by atoms with van der Waals surface area (Å²) >= 11 is 0. The normalized spacial score (nSPS) is 38.1. The molecule has 230 valence electrons. The molecular formula is C27H32O15. The number of Topliss-reactive ketones (excluding diaryl/α,β-unsaturated/α-hetero) is 1. The van der Waals surface area contributed by atoms with E-state index in [-0.39, 0.29) is 29.2 Å². The molecule has 2 saturated heterocycles. The lowest BCUT2D eigenvalue weighted by atomic mass is 9.97. The number of ether oxygens (including phenoxy) is 5. The predicted molar refractivity (Wildman–Crippen MR) is 136 cm³/mol. The molecule has 3 aliphatic rings. The van der Waals surface area contributed by atoms with Crippen LogP contribution in [0.25, 0.3) is 0 Å². The Morgan fingerprint density at radius 2 is 1.45 bits per heavy atom. The van der Waals surface area contributed by atoms with Crippen molar-refractivity contribution in [2.75, 3.05) is 6.61 Å². The summed E-state index contributed by atoms with van der Waals surface area (Å²) in [6, 6.07) is 8.01. The van der Waals surface area contributed by atoms with Gasteiger partial charge in [-0.2, -0.15) is 0 Å². The van der Waals surface area contributed by atoms with Gasteiger partial charge in [0.15, 0.2) is 0 Å². The van der Waals surface area contributed by atoms with Gasteiger partial charge in [-0.25, -0.2) is 0 Å². The molecule has 42 heavy (non-hydrogen) atoms. The number of carbonyl (C=O) groups excluding carboxylic acids is 1. The molecule has 3 heterocycles. The van der Waals surface area contributed by atoms with E-state index in [1.807, 2.05) is 0 Å². The lowest BCUT2D eigenvalue weighted by Gasteiger charge is -2.39. The highest BCUT2D eigenvalue weighted by atomic mass is 16.7. The molecule has 2 aromatic rings. The van der Waals surface area contributed by atoms with Gasteiger partial charge in [-0.15, -0.1) is 0 Å². The van der Waals surface area contributed by atoms with Gasteiger partial charge in [0, 0.05) is 18.6 Å². The van der Waals surface area contributed by atoms with Gasteiger partial charge in [-0.05, 0) is 24.6 Å². The maximum absolute atomic E-state index is 13.4. The lowest BCUT2D eigenvalue weighted by molar-refractivity contribution is -0.277. The quantitative estimate of drug-likeness (QED) is 0.158. The monoisotopic (exact) mass is 596 g/mol. The standard InChI is InChI=1S/C27H32O15/c1-10-18(30)20(32)22(34)25(38-10)39-13-4-2-11(3-5-13)8-27(37)24(36)17-14(6-12(29)7-15(17)42-27)40-26-23(35)21(33)19(31)16(9-28)41-26/h2-7,10,16,18-23,25-26,28-35,37H,8-9H2,1H3/t10-,16+,18-,19+,20+,21-,22+,23+,25-,26+,27?/m0/s1. The van der Waals surface area contributed by atoms with Crippen LogP contribution in [0.2, 0.25) is 0 Å². The molecule has 2 fully saturated rings. The van der Waals surface area contributed by atoms with Crippen molar-refractivity contribution in [1.29, 1.82) is 0 Å². The molecule has 1 unspecified atom stereocenters. The van der Waals surface area contributed by atoms with Crippen molar-refractivity contribution >= 4 is 5.78 Å². The molecule has 15 nitrogen and oxygen atoms in total. The smallest absolute Gasteiger partial charge is 0.277 e. The molecular weight excluding hydrogens is 564 g/mol. The van der Waals surface area contributed by atoms with E-state index in [1.165, 1.54) is 31.2 Å². The van der Waals surface area contributed by atoms with Crippen LogP contribution in [0, 0.1) is 0 Å². The fraction of sp³-hybridized carbons (Fsp3) is 0.519. The van der Waals surface area contributed by atoms with Gasteiger partial charge in [0.2, 0.25) is 18.4 Å². The number of hydrogen-bond donors (Lipinski definition) is 9. The van der Waals surface area contributed by atoms with E-state index in [0.29, 0.717) is 5.56 Å². The Bertz CT molecular complexity index is 1290. The van der Waals surface area contributed by atoms with Crippen LogP contribution in [0.1, 0.15) is 22.8 Å². The summed E-state index contributed by atoms with van der Waals surface area (Å²) in [5.41, 5.74) is 0.117. The third-order valence-electron chi connectivity index (χ3n) is 7.43. The van der Waals surface area contributed by atoms with E-state index in [4.69, 9.17) is 23.7 Å². The maximum Gasteiger partial charge on any atom is 0.277 e. The van der Waals surface area contributed by atoms with Crippen LogP contribution in [0.4, 0.5) is 0 Å². The Hall–Kier alpha value is -3.09. The topological polar surface area (TPSA) is 245 Å². The molecule has 0 saturated carbocycles. The molecule has 2 aromatic carbocycles. The number of rotatable bonds is 7. The Morgan fingerprint density at radius 3 is 2.10 bits per heavy atom. The summed E-state index contributed by atoms with van der Waals surface area (Å²) < 4.78 is 27.4. The summed E-state index contributed by atoms with van der Waals surface area (Å²) in [5, 5.41) is 91.1. The molecule has 5 rings (SSSR count). The number of aliphatic hydroxyl groups excluding tert-OH is 7. The second-order valence-corrected chi connectivity index (χ2v) is 10.5. The van der Waals surface area contributed by atoms with Crippen LogP contribution in [-0.4, -0.2) is 126 Å². The minimum atomic E-state index is -2.44. The first-order valence-electron chi connectivity index (χ1n) is 13.1. The molecule has 0 aromatic heterocycles. The molecule has 11 atom stereocenters. The third-order valence-corrected chi connectivity index (χ3v) is 7.43. The Morgan fingerprint density at radius 1 is 0.833 bits per heavy atom. The molecule has 0 spiro atoms. The van der Waals surface area contributed by atoms with E-state index in [1.54, 1.807) is 0 Å². The van der Waals surface area contributed by atoms with Gasteiger partial charge in [-0.3, -0.25) is 4.79 Å². The molecule has 0 radical (unpaired) electrons. The van der Waals surface area contributed by atoms with Gasteiger partial charge < -0.3 is 69.6 Å². The van der Waals surface area contributed by atoms with E-state index < -0.39 is 85.3 Å². The molecule has 3 aliphatic heterocycles. The Labute approximate surface area is 238 Å². The number of ketones is 1. The minimum Gasteiger partial charge on any atom is -0.508 e. The van der Waals surface area contributed by atoms with Crippen LogP contribution in [0.15, 0.2) is 36.4 Å². The van der Waals surface area contributed by atoms with E-state index in [9.17, 15) is 50.8 Å². The van der Waals surface area contributed by atoms with Crippen molar-refractivity contribution in [3.8, 4) is 23.0 Å². The van der Waals surface area contributed by atoms with Crippen molar-refractivity contribution in [1.82, 2.24) is 0 Å². The number of benzene rings is 2. The molecule has 0 bridgehead atoms. The third kappa shape index (κ3) is 5.51. The zero-order valence-corrected chi connectivity index (χ0v) is 22.1. The number of phenolic OH excluding ortho intramolecular Hbond substituents is 1. The molecule has 0 aliphatic carbocycles. The minimum absolute atomic E-state index is 0.215. The van der Waals surface area contributed by atoms with Crippen molar-refractivity contribution in [2.45, 2.75) is 80.5 Å². The van der Waals surface area contributed by atoms with E-state index in [2.05, 4.69) is 0 Å². The highest BCUT2D eigenvalue weighted by Gasteiger charge is 2.50. The second-order valence-electron chi connectivity index (χ2n) is 10.5. The van der Waals surface area contributed by atoms with Gasteiger partial charge >= 0.3 is 0 Å². The van der Waals surface area contributed by atoms with Gasteiger partial charge in [0.1, 0.15) is 71.3 Å². The van der Waals surface area contributed by atoms with Gasteiger partial charge in [-0.1, -0.05) is 12.1 Å². The summed E-state index contributed by atoms with van der Waals surface area (Å²) in [7, 11) is 0. The highest BCUT2D eigenvalue weighted by Crippen LogP contribution is 2.44. The average Bonchev–Trinajstić information content (AvgIpc) is 3.20. The van der Waals surface area contributed by atoms with Crippen molar-refractivity contribution in [3.63, 3.8) is 0 Å². The Balaban J connectivity index is 1.30. The summed E-state index contributed by atoms with van der Waals surface area (Å²) in [6.45, 7) is 0.795. The fourth-order valence-electron chi connectivity index (χ4n) is 5.01. The van der Waals surface area contributed by atoms with Crippen molar-refractivity contribution in [2.24, 2.45) is 0 Å². The van der Waals surface area contributed by atoms with Crippen molar-refractivity contribution in [3.05, 3.63) is 47.5 Å². The van der Waals surface area contributed by atoms with E-state index in [0.717, 1.165) is 12.1 Å².